The summed E-state index contributed by atoms with van der Waals surface area (Å²) >= 11 is 0. The molecule has 4 aromatic rings. The van der Waals surface area contributed by atoms with Gasteiger partial charge in [0, 0.05) is 18.7 Å². The lowest BCUT2D eigenvalue weighted by molar-refractivity contribution is -0.140. The van der Waals surface area contributed by atoms with Gasteiger partial charge in [-0.2, -0.15) is 0 Å². The minimum absolute atomic E-state index is 0.125. The van der Waals surface area contributed by atoms with Crippen LogP contribution in [0.15, 0.2) is 73.1 Å². The molecule has 0 aliphatic carbocycles. The highest BCUT2D eigenvalue weighted by Gasteiger charge is 2.40. The molecule has 0 amide bonds. The molecule has 0 radical (unpaired) electrons. The molecule has 0 saturated carbocycles. The Morgan fingerprint density at radius 2 is 1.62 bits per heavy atom. The molecule has 1 aliphatic heterocycles. The second-order valence-electron chi connectivity index (χ2n) is 10.4. The standard InChI is InChI=1S/C32H33N3O4/c1-19-5-10-23(11-6-19)28(24-12-7-20(2)8-13-24)31(36)30-29-26(16-25(34-30)32(37)38)35(18-33-29)17-22-9-14-27(39-4)21(3)15-22/h5-15,18,25,28,30,34H,16-17H2,1-4H3,(H,37,38)/t25-,30?/m0/s1. The number of aliphatic carboxylic acids is 1. The summed E-state index contributed by atoms with van der Waals surface area (Å²) in [5.41, 5.74) is 7.34. The first-order chi connectivity index (χ1) is 18.7. The Kier molecular flexibility index (Phi) is 7.35. The first-order valence-corrected chi connectivity index (χ1v) is 13.1. The Bertz CT molecular complexity index is 1460. The van der Waals surface area contributed by atoms with Crippen molar-refractivity contribution in [2.45, 2.75) is 51.7 Å². The van der Waals surface area contributed by atoms with E-state index in [-0.39, 0.29) is 12.2 Å². The Labute approximate surface area is 228 Å². The number of methoxy groups -OCH3 is 1. The van der Waals surface area contributed by atoms with E-state index in [1.807, 2.05) is 86.0 Å². The Morgan fingerprint density at radius 3 is 2.15 bits per heavy atom. The predicted octanol–water partition coefficient (Wildman–Crippen LogP) is 4.91. The van der Waals surface area contributed by atoms with E-state index in [1.165, 1.54) is 0 Å². The summed E-state index contributed by atoms with van der Waals surface area (Å²) in [6, 6.07) is 20.1. The average Bonchev–Trinajstić information content (AvgIpc) is 3.33. The molecule has 1 unspecified atom stereocenters. The Hall–Kier alpha value is -4.23. The number of hydrogen-bond donors (Lipinski definition) is 2. The van der Waals surface area contributed by atoms with Gasteiger partial charge in [0.1, 0.15) is 17.8 Å². The van der Waals surface area contributed by atoms with Gasteiger partial charge in [-0.05, 0) is 49.1 Å². The number of carboxylic acid groups (broad SMARTS) is 1. The van der Waals surface area contributed by atoms with Gasteiger partial charge in [-0.3, -0.25) is 14.9 Å². The van der Waals surface area contributed by atoms with Gasteiger partial charge in [0.2, 0.25) is 0 Å². The van der Waals surface area contributed by atoms with Crippen molar-refractivity contribution < 1.29 is 19.4 Å². The monoisotopic (exact) mass is 523 g/mol. The molecule has 5 rings (SSSR count). The van der Waals surface area contributed by atoms with Crippen LogP contribution in [0.3, 0.4) is 0 Å². The summed E-state index contributed by atoms with van der Waals surface area (Å²) in [5.74, 6) is -0.877. The fraction of sp³-hybridized carbons (Fsp3) is 0.281. The topological polar surface area (TPSA) is 93.5 Å². The van der Waals surface area contributed by atoms with Gasteiger partial charge in [-0.25, -0.2) is 4.98 Å². The number of aromatic nitrogens is 2. The minimum atomic E-state index is -0.992. The molecule has 0 saturated heterocycles. The van der Waals surface area contributed by atoms with Gasteiger partial charge in [0.25, 0.3) is 0 Å². The van der Waals surface area contributed by atoms with Crippen molar-refractivity contribution in [3.63, 3.8) is 0 Å². The molecular weight excluding hydrogens is 490 g/mol. The van der Waals surface area contributed by atoms with E-state index in [4.69, 9.17) is 4.74 Å². The largest absolute Gasteiger partial charge is 0.496 e. The number of ether oxygens (including phenoxy) is 1. The Morgan fingerprint density at radius 1 is 1.00 bits per heavy atom. The summed E-state index contributed by atoms with van der Waals surface area (Å²) in [7, 11) is 1.64. The van der Waals surface area contributed by atoms with Crippen LogP contribution in [-0.2, 0) is 22.6 Å². The van der Waals surface area contributed by atoms with E-state index in [0.29, 0.717) is 12.2 Å². The summed E-state index contributed by atoms with van der Waals surface area (Å²) in [6.07, 6.45) is 1.95. The molecule has 200 valence electrons. The number of nitrogens with zero attached hydrogens (tertiary/aromatic N) is 2. The number of rotatable bonds is 8. The van der Waals surface area contributed by atoms with Crippen molar-refractivity contribution in [1.82, 2.24) is 14.9 Å². The lowest BCUT2D eigenvalue weighted by Gasteiger charge is -2.31. The number of ketones is 1. The number of hydrogen-bond acceptors (Lipinski definition) is 5. The summed E-state index contributed by atoms with van der Waals surface area (Å²) in [4.78, 5) is 31.2. The zero-order valence-electron chi connectivity index (χ0n) is 22.6. The zero-order chi connectivity index (χ0) is 27.7. The number of carbonyl (C=O) groups is 2. The quantitative estimate of drug-likeness (QED) is 0.341. The second-order valence-corrected chi connectivity index (χ2v) is 10.4. The molecular formula is C32H33N3O4. The smallest absolute Gasteiger partial charge is 0.321 e. The van der Waals surface area contributed by atoms with Crippen LogP contribution in [0.25, 0.3) is 0 Å². The first kappa shape index (κ1) is 26.4. The zero-order valence-corrected chi connectivity index (χ0v) is 22.6. The number of benzene rings is 3. The maximum atomic E-state index is 14.4. The van der Waals surface area contributed by atoms with E-state index < -0.39 is 24.0 Å². The van der Waals surface area contributed by atoms with Crippen molar-refractivity contribution in [2.24, 2.45) is 0 Å². The third-order valence-corrected chi connectivity index (χ3v) is 7.52. The number of carbonyl (C=O) groups excluding carboxylic acids is 1. The molecule has 0 fully saturated rings. The van der Waals surface area contributed by atoms with Crippen LogP contribution in [0.1, 0.15) is 56.7 Å². The first-order valence-electron chi connectivity index (χ1n) is 13.1. The summed E-state index contributed by atoms with van der Waals surface area (Å²) < 4.78 is 7.34. The fourth-order valence-electron chi connectivity index (χ4n) is 5.37. The SMILES string of the molecule is COc1ccc(Cn2cnc3c2C[C@@H](C(=O)O)NC3C(=O)C(c2ccc(C)cc2)c2ccc(C)cc2)cc1C. The van der Waals surface area contributed by atoms with Crippen LogP contribution in [0, 0.1) is 20.8 Å². The molecule has 7 nitrogen and oxygen atoms in total. The molecule has 0 bridgehead atoms. The van der Waals surface area contributed by atoms with E-state index in [9.17, 15) is 14.7 Å². The maximum Gasteiger partial charge on any atom is 0.321 e. The molecule has 1 aliphatic rings. The van der Waals surface area contributed by atoms with Crippen molar-refractivity contribution in [3.8, 4) is 5.75 Å². The van der Waals surface area contributed by atoms with Gasteiger partial charge < -0.3 is 14.4 Å². The van der Waals surface area contributed by atoms with Crippen molar-refractivity contribution >= 4 is 11.8 Å². The summed E-state index contributed by atoms with van der Waals surface area (Å²) in [6.45, 7) is 6.52. The highest BCUT2D eigenvalue weighted by atomic mass is 16.5. The lowest BCUT2D eigenvalue weighted by Crippen LogP contribution is -2.48. The van der Waals surface area contributed by atoms with E-state index in [2.05, 4.69) is 16.4 Å². The molecule has 7 heteroatoms. The van der Waals surface area contributed by atoms with Gasteiger partial charge in [0.15, 0.2) is 5.78 Å². The number of fused-ring (bicyclic) bond motifs is 1. The van der Waals surface area contributed by atoms with Crippen LogP contribution >= 0.6 is 0 Å². The number of aryl methyl sites for hydroxylation is 3. The second kappa shape index (κ2) is 10.9. The normalized spacial score (nSPS) is 16.6. The van der Waals surface area contributed by atoms with Crippen LogP contribution < -0.4 is 10.1 Å². The molecule has 2 atom stereocenters. The van der Waals surface area contributed by atoms with Crippen molar-refractivity contribution in [3.05, 3.63) is 118 Å². The van der Waals surface area contributed by atoms with Crippen LogP contribution in [0.4, 0.5) is 0 Å². The van der Waals surface area contributed by atoms with E-state index in [0.717, 1.165) is 44.8 Å². The van der Waals surface area contributed by atoms with Gasteiger partial charge in [-0.15, -0.1) is 0 Å². The van der Waals surface area contributed by atoms with Gasteiger partial charge >= 0.3 is 5.97 Å². The maximum absolute atomic E-state index is 14.4. The number of carboxylic acids is 1. The number of Topliss-reactive ketones (excluding diaryl/α,β-unsaturated/α-hetero) is 1. The minimum Gasteiger partial charge on any atom is -0.496 e. The van der Waals surface area contributed by atoms with Gasteiger partial charge in [-0.1, -0.05) is 71.8 Å². The third-order valence-electron chi connectivity index (χ3n) is 7.52. The molecule has 2 N–H and O–H groups in total. The number of nitrogens with one attached hydrogen (secondary N) is 1. The number of imidazole rings is 1. The highest BCUT2D eigenvalue weighted by Crippen LogP contribution is 2.35. The summed E-state index contributed by atoms with van der Waals surface area (Å²) in [5, 5.41) is 13.1. The Balaban J connectivity index is 1.55. The molecule has 1 aromatic heterocycles. The average molecular weight is 524 g/mol. The van der Waals surface area contributed by atoms with Crippen LogP contribution in [0.2, 0.25) is 0 Å². The van der Waals surface area contributed by atoms with Gasteiger partial charge in [0.05, 0.1) is 25.0 Å². The van der Waals surface area contributed by atoms with E-state index >= 15 is 0 Å². The molecule has 0 spiro atoms. The van der Waals surface area contributed by atoms with Crippen LogP contribution in [-0.4, -0.2) is 39.6 Å². The fourth-order valence-corrected chi connectivity index (χ4v) is 5.37. The molecule has 2 heterocycles. The predicted molar refractivity (Wildman–Crippen MR) is 149 cm³/mol. The van der Waals surface area contributed by atoms with Crippen molar-refractivity contribution in [2.75, 3.05) is 7.11 Å². The highest BCUT2D eigenvalue weighted by molar-refractivity contribution is 5.95. The van der Waals surface area contributed by atoms with E-state index in [1.54, 1.807) is 13.4 Å². The molecule has 3 aromatic carbocycles. The molecule has 39 heavy (non-hydrogen) atoms. The third kappa shape index (κ3) is 5.36. The lowest BCUT2D eigenvalue weighted by atomic mass is 9.81. The van der Waals surface area contributed by atoms with Crippen molar-refractivity contribution in [1.29, 1.82) is 0 Å². The van der Waals surface area contributed by atoms with Crippen LogP contribution in [0.5, 0.6) is 5.75 Å².